The Kier molecular flexibility index (Phi) is 4.86. The van der Waals surface area contributed by atoms with E-state index >= 15 is 0 Å². The molecule has 3 rings (SSSR count). The van der Waals surface area contributed by atoms with E-state index in [4.69, 9.17) is 11.1 Å². The summed E-state index contributed by atoms with van der Waals surface area (Å²) >= 11 is 1.40. The monoisotopic (exact) mass is 450 g/mol. The maximum absolute atomic E-state index is 14.7. The quantitative estimate of drug-likeness (QED) is 0.194. The number of hydrogen-bond acceptors (Lipinski definition) is 4. The van der Waals surface area contributed by atoms with Crippen LogP contribution in [0.4, 0.5) is 36.3 Å². The fourth-order valence-electron chi connectivity index (χ4n) is 3.05. The molecule has 14 heteroatoms. The second kappa shape index (κ2) is 6.70. The number of halogens is 6. The highest BCUT2D eigenvalue weighted by molar-refractivity contribution is 7.16. The van der Waals surface area contributed by atoms with Gasteiger partial charge in [0.25, 0.3) is 0 Å². The number of hydrogen-bond donors (Lipinski definition) is 0. The summed E-state index contributed by atoms with van der Waals surface area (Å²) in [5.74, 6) is -16.1. The van der Waals surface area contributed by atoms with E-state index in [2.05, 4.69) is 20.1 Å². The first-order chi connectivity index (χ1) is 13.4. The predicted molar refractivity (Wildman–Crippen MR) is 97.4 cm³/mol. The highest BCUT2D eigenvalue weighted by Crippen LogP contribution is 2.66. The first-order valence-corrected chi connectivity index (χ1v) is 9.24. The average molecular weight is 450 g/mol. The van der Waals surface area contributed by atoms with Gasteiger partial charge in [0.2, 0.25) is 0 Å². The zero-order valence-electron chi connectivity index (χ0n) is 14.4. The van der Waals surface area contributed by atoms with Crippen molar-refractivity contribution < 1.29 is 26.3 Å². The van der Waals surface area contributed by atoms with Gasteiger partial charge < -0.3 is 0 Å². The van der Waals surface area contributed by atoms with Crippen LogP contribution >= 0.6 is 22.7 Å². The van der Waals surface area contributed by atoms with Gasteiger partial charge in [0.05, 0.1) is 10.0 Å². The van der Waals surface area contributed by atoms with Crippen LogP contribution in [0.3, 0.4) is 0 Å². The summed E-state index contributed by atoms with van der Waals surface area (Å²) in [4.78, 5) is 4.97. The Bertz CT molecular complexity index is 1050. The van der Waals surface area contributed by atoms with Crippen molar-refractivity contribution in [1.82, 2.24) is 0 Å². The first-order valence-electron chi connectivity index (χ1n) is 7.60. The Balaban J connectivity index is 2.44. The molecule has 0 aliphatic heterocycles. The van der Waals surface area contributed by atoms with Crippen molar-refractivity contribution in [3.63, 3.8) is 0 Å². The molecular formula is C15H8F6N6S2. The summed E-state index contributed by atoms with van der Waals surface area (Å²) in [5, 5.41) is 6.17. The van der Waals surface area contributed by atoms with Crippen LogP contribution in [0.1, 0.15) is 20.9 Å². The molecule has 0 spiro atoms. The molecular weight excluding hydrogens is 442 g/mol. The van der Waals surface area contributed by atoms with E-state index in [1.54, 1.807) is 0 Å². The highest BCUT2D eigenvalue weighted by atomic mass is 32.1. The van der Waals surface area contributed by atoms with Crippen LogP contribution in [0, 0.1) is 13.8 Å². The number of alkyl halides is 6. The largest absolute Gasteiger partial charge is 0.380 e. The number of allylic oxidation sites excluding steroid dienone is 2. The molecule has 29 heavy (non-hydrogen) atoms. The molecule has 6 nitrogen and oxygen atoms in total. The lowest BCUT2D eigenvalue weighted by Crippen LogP contribution is -2.48. The SMILES string of the molecule is Cc1sc(N=[N+]=[N-])cc1C1=C(c2cc(N=[N+]=[N-])sc2C)C(F)(F)C(F)(F)C1(F)F. The Morgan fingerprint density at radius 3 is 1.41 bits per heavy atom. The van der Waals surface area contributed by atoms with Gasteiger partial charge in [-0.25, -0.2) is 0 Å². The maximum atomic E-state index is 14.7. The molecule has 0 amide bonds. The van der Waals surface area contributed by atoms with E-state index in [1.165, 1.54) is 13.8 Å². The van der Waals surface area contributed by atoms with Crippen LogP contribution in [-0.4, -0.2) is 17.8 Å². The summed E-state index contributed by atoms with van der Waals surface area (Å²) in [5.41, 5.74) is 12.8. The van der Waals surface area contributed by atoms with Gasteiger partial charge in [-0.15, -0.1) is 22.7 Å². The molecule has 0 radical (unpaired) electrons. The van der Waals surface area contributed by atoms with Crippen molar-refractivity contribution >= 4 is 43.8 Å². The van der Waals surface area contributed by atoms with E-state index < -0.39 is 40.0 Å². The van der Waals surface area contributed by atoms with Crippen molar-refractivity contribution in [3.05, 3.63) is 53.9 Å². The third-order valence-corrected chi connectivity index (χ3v) is 6.17. The molecule has 0 N–H and O–H groups in total. The minimum atomic E-state index is -5.70. The molecule has 2 aromatic heterocycles. The van der Waals surface area contributed by atoms with Crippen LogP contribution in [0.2, 0.25) is 0 Å². The van der Waals surface area contributed by atoms with Gasteiger partial charge in [-0.2, -0.15) is 26.3 Å². The minimum absolute atomic E-state index is 0.00349. The minimum Gasteiger partial charge on any atom is -0.194 e. The fourth-order valence-corrected chi connectivity index (χ4v) is 4.73. The second-order valence-corrected chi connectivity index (χ2v) is 8.43. The zero-order chi connectivity index (χ0) is 21.8. The van der Waals surface area contributed by atoms with E-state index in [-0.39, 0.29) is 19.8 Å². The maximum Gasteiger partial charge on any atom is 0.380 e. The van der Waals surface area contributed by atoms with Gasteiger partial charge in [0.15, 0.2) is 0 Å². The standard InChI is InChI=1S/C15H8F6N6S2/c1-5-7(3-9(28-5)24-26-22)11-12(8-4-10(25-27-23)29-6(8)2)14(18,19)15(20,21)13(11,16)17/h3-4H,1-2H3. The predicted octanol–water partition coefficient (Wildman–Crippen LogP) is 8.14. The molecule has 1 aliphatic rings. The lowest BCUT2D eigenvalue weighted by molar-refractivity contribution is -0.254. The molecule has 0 saturated carbocycles. The summed E-state index contributed by atoms with van der Waals surface area (Å²) in [6.07, 6.45) is 0. The fraction of sp³-hybridized carbons (Fsp3) is 0.333. The van der Waals surface area contributed by atoms with E-state index in [0.29, 0.717) is 22.7 Å². The molecule has 0 unspecified atom stereocenters. The smallest absolute Gasteiger partial charge is 0.194 e. The van der Waals surface area contributed by atoms with Crippen molar-refractivity contribution in [3.8, 4) is 0 Å². The summed E-state index contributed by atoms with van der Waals surface area (Å²) < 4.78 is 87.3. The third-order valence-electron chi connectivity index (χ3n) is 4.30. The van der Waals surface area contributed by atoms with Crippen LogP contribution in [-0.2, 0) is 0 Å². The summed E-state index contributed by atoms with van der Waals surface area (Å²) in [6, 6.07) is 1.74. The Morgan fingerprint density at radius 2 is 1.10 bits per heavy atom. The Hall–Kier alpha value is -2.66. The lowest BCUT2D eigenvalue weighted by Gasteiger charge is -2.25. The molecule has 0 saturated heterocycles. The topological polar surface area (TPSA) is 97.5 Å². The van der Waals surface area contributed by atoms with E-state index in [0.717, 1.165) is 12.1 Å². The van der Waals surface area contributed by atoms with E-state index in [9.17, 15) is 26.3 Å². The van der Waals surface area contributed by atoms with Crippen LogP contribution in [0.5, 0.6) is 0 Å². The zero-order valence-corrected chi connectivity index (χ0v) is 16.1. The van der Waals surface area contributed by atoms with Crippen LogP contribution < -0.4 is 0 Å². The summed E-state index contributed by atoms with van der Waals surface area (Å²) in [6.45, 7) is 2.52. The van der Waals surface area contributed by atoms with Crippen LogP contribution in [0.15, 0.2) is 22.4 Å². The molecule has 1 aliphatic carbocycles. The molecule has 2 heterocycles. The third kappa shape index (κ3) is 2.87. The van der Waals surface area contributed by atoms with Crippen molar-refractivity contribution in [2.75, 3.05) is 0 Å². The van der Waals surface area contributed by atoms with Gasteiger partial charge >= 0.3 is 17.8 Å². The van der Waals surface area contributed by atoms with Crippen molar-refractivity contribution in [2.45, 2.75) is 31.6 Å². The lowest BCUT2D eigenvalue weighted by atomic mass is 9.95. The normalized spacial score (nSPS) is 19.0. The molecule has 2 aromatic rings. The first kappa shape index (κ1) is 21.1. The number of nitrogens with zero attached hydrogens (tertiary/aromatic N) is 6. The van der Waals surface area contributed by atoms with Crippen molar-refractivity contribution in [1.29, 1.82) is 0 Å². The molecule has 0 aromatic carbocycles. The summed E-state index contributed by atoms with van der Waals surface area (Å²) in [7, 11) is 0. The number of thiophene rings is 2. The number of azide groups is 2. The van der Waals surface area contributed by atoms with Gasteiger partial charge in [-0.1, -0.05) is 0 Å². The second-order valence-electron chi connectivity index (χ2n) is 5.96. The highest BCUT2D eigenvalue weighted by Gasteiger charge is 2.80. The van der Waals surface area contributed by atoms with Crippen LogP contribution in [0.25, 0.3) is 32.0 Å². The number of aryl methyl sites for hydroxylation is 2. The van der Waals surface area contributed by atoms with Gasteiger partial charge in [-0.3, -0.25) is 0 Å². The van der Waals surface area contributed by atoms with Crippen molar-refractivity contribution in [2.24, 2.45) is 10.2 Å². The van der Waals surface area contributed by atoms with Gasteiger partial charge in [0, 0.05) is 30.7 Å². The Morgan fingerprint density at radius 1 is 0.759 bits per heavy atom. The molecule has 0 fully saturated rings. The number of rotatable bonds is 4. The van der Waals surface area contributed by atoms with Gasteiger partial charge in [-0.05, 0) is 58.4 Å². The molecule has 0 atom stereocenters. The average Bonchev–Trinajstić information content (AvgIpc) is 3.17. The van der Waals surface area contributed by atoms with Gasteiger partial charge in [0.1, 0.15) is 0 Å². The molecule has 0 bridgehead atoms. The molecule has 152 valence electrons. The van der Waals surface area contributed by atoms with E-state index in [1.807, 2.05) is 0 Å². The Labute approximate surface area is 166 Å².